The number of nitrogens with zero attached hydrogens (tertiary/aromatic N) is 1. The predicted octanol–water partition coefficient (Wildman–Crippen LogP) is 3.57. The summed E-state index contributed by atoms with van der Waals surface area (Å²) in [6, 6.07) is 3.91. The first kappa shape index (κ1) is 18.6. The van der Waals surface area contributed by atoms with Gasteiger partial charge in [-0.15, -0.1) is 0 Å². The van der Waals surface area contributed by atoms with E-state index in [1.165, 1.54) is 13.0 Å². The molecule has 0 bridgehead atoms. The molecule has 1 amide bonds. The molecule has 10 heteroatoms. The summed E-state index contributed by atoms with van der Waals surface area (Å²) in [5, 5.41) is 12.9. The van der Waals surface area contributed by atoms with E-state index < -0.39 is 40.5 Å². The molecule has 134 valence electrons. The lowest BCUT2D eigenvalue weighted by molar-refractivity contribution is -0.137. The average molecular weight is 363 g/mol. The van der Waals surface area contributed by atoms with Crippen LogP contribution < -0.4 is 10.6 Å². The number of benzene rings is 1. The minimum atomic E-state index is -4.81. The Hall–Kier alpha value is -2.70. The second-order valence-corrected chi connectivity index (χ2v) is 5.65. The van der Waals surface area contributed by atoms with Crippen molar-refractivity contribution in [3.05, 3.63) is 41.1 Å². The first-order chi connectivity index (χ1) is 11.4. The summed E-state index contributed by atoms with van der Waals surface area (Å²) in [7, 11) is 0. The van der Waals surface area contributed by atoms with Crippen LogP contribution in [-0.4, -0.2) is 18.6 Å². The number of amides is 1. The van der Waals surface area contributed by atoms with Crippen LogP contribution >= 0.6 is 0 Å². The second-order valence-electron chi connectivity index (χ2n) is 5.65. The van der Waals surface area contributed by atoms with Gasteiger partial charge in [-0.1, -0.05) is 0 Å². The van der Waals surface area contributed by atoms with Gasteiger partial charge in [0.25, 0.3) is 0 Å². The number of hydrogen-bond acceptors (Lipinski definition) is 3. The third kappa shape index (κ3) is 3.87. The van der Waals surface area contributed by atoms with E-state index in [9.17, 15) is 31.1 Å². The van der Waals surface area contributed by atoms with Crippen molar-refractivity contribution in [2.45, 2.75) is 19.3 Å². The molecule has 1 aliphatic rings. The van der Waals surface area contributed by atoms with E-state index in [-0.39, 0.29) is 12.2 Å². The van der Waals surface area contributed by atoms with Gasteiger partial charge in [-0.2, -0.15) is 31.6 Å². The monoisotopic (exact) mass is 363 g/mol. The minimum absolute atomic E-state index is 0.272. The number of allylic oxidation sites excluding steroid dienone is 1. The van der Waals surface area contributed by atoms with Crippen molar-refractivity contribution >= 4 is 11.6 Å². The maximum atomic E-state index is 12.9. The van der Waals surface area contributed by atoms with E-state index in [0.717, 1.165) is 12.1 Å². The summed E-state index contributed by atoms with van der Waals surface area (Å²) in [6.07, 6.45) is -8.78. The number of nitriles is 1. The maximum Gasteiger partial charge on any atom is 0.430 e. The average Bonchev–Trinajstić information content (AvgIpc) is 2.90. The van der Waals surface area contributed by atoms with Gasteiger partial charge >= 0.3 is 12.4 Å². The number of nitrogens with one attached hydrogen (secondary N) is 2. The summed E-state index contributed by atoms with van der Waals surface area (Å²) >= 11 is 0. The number of carbonyl (C=O) groups is 1. The molecule has 0 radical (unpaired) electrons. The zero-order chi connectivity index (χ0) is 19.0. The highest BCUT2D eigenvalue weighted by molar-refractivity contribution is 5.97. The first-order valence-corrected chi connectivity index (χ1v) is 6.83. The van der Waals surface area contributed by atoms with Crippen molar-refractivity contribution in [1.29, 1.82) is 5.26 Å². The summed E-state index contributed by atoms with van der Waals surface area (Å²) in [5.74, 6) is -0.905. The van der Waals surface area contributed by atoms with E-state index in [4.69, 9.17) is 5.26 Å². The van der Waals surface area contributed by atoms with Crippen LogP contribution in [0.1, 0.15) is 18.1 Å². The number of halogens is 6. The van der Waals surface area contributed by atoms with Gasteiger partial charge in [-0.3, -0.25) is 4.79 Å². The second kappa shape index (κ2) is 5.98. The minimum Gasteiger partial charge on any atom is -0.380 e. The Morgan fingerprint density at radius 3 is 2.36 bits per heavy atom. The largest absolute Gasteiger partial charge is 0.430 e. The molecule has 1 unspecified atom stereocenters. The molecule has 2 N–H and O–H groups in total. The Labute approximate surface area is 138 Å². The van der Waals surface area contributed by atoms with Gasteiger partial charge in [0.05, 0.1) is 22.6 Å². The number of anilines is 1. The topological polar surface area (TPSA) is 64.9 Å². The molecule has 0 saturated carbocycles. The SMILES string of the molecule is CC1(C(=O)Nc2ccc(C#N)c(C(F)(F)F)c2)C=C(C(F)(F)F)NC1. The number of carbonyl (C=O) groups excluding carboxylic acids is 1. The standard InChI is InChI=1S/C15H11F6N3O/c1-13(5-11(23-7-13)15(19,20)21)12(25)24-9-3-2-8(6-22)10(4-9)14(16,17)18/h2-5,23H,7H2,1H3,(H,24,25). The molecule has 2 rings (SSSR count). The van der Waals surface area contributed by atoms with Crippen LogP contribution in [0.2, 0.25) is 0 Å². The number of alkyl halides is 6. The third-order valence-electron chi connectivity index (χ3n) is 3.64. The molecule has 1 aliphatic heterocycles. The molecular weight excluding hydrogens is 352 g/mol. The van der Waals surface area contributed by atoms with Crippen LogP contribution in [0.5, 0.6) is 0 Å². The van der Waals surface area contributed by atoms with Gasteiger partial charge in [0.2, 0.25) is 5.91 Å². The quantitative estimate of drug-likeness (QED) is 0.790. The summed E-state index contributed by atoms with van der Waals surface area (Å²) in [5.41, 5.74) is -4.81. The van der Waals surface area contributed by atoms with Crippen LogP contribution in [0.25, 0.3) is 0 Å². The molecule has 0 aromatic heterocycles. The Morgan fingerprint density at radius 1 is 1.24 bits per heavy atom. The van der Waals surface area contributed by atoms with Crippen LogP contribution in [0.4, 0.5) is 32.0 Å². The highest BCUT2D eigenvalue weighted by Crippen LogP contribution is 2.36. The molecule has 1 aromatic carbocycles. The fourth-order valence-corrected chi connectivity index (χ4v) is 2.26. The smallest absolute Gasteiger partial charge is 0.380 e. The Morgan fingerprint density at radius 2 is 1.88 bits per heavy atom. The molecule has 0 aliphatic carbocycles. The van der Waals surface area contributed by atoms with Gasteiger partial charge in [0.15, 0.2) is 0 Å². The van der Waals surface area contributed by atoms with Crippen molar-refractivity contribution < 1.29 is 31.1 Å². The Kier molecular flexibility index (Phi) is 4.46. The summed E-state index contributed by atoms with van der Waals surface area (Å²) in [4.78, 5) is 12.2. The van der Waals surface area contributed by atoms with E-state index in [0.29, 0.717) is 12.1 Å². The van der Waals surface area contributed by atoms with Gasteiger partial charge < -0.3 is 10.6 Å². The van der Waals surface area contributed by atoms with Gasteiger partial charge in [-0.05, 0) is 31.2 Å². The fourth-order valence-electron chi connectivity index (χ4n) is 2.26. The number of hydrogen-bond donors (Lipinski definition) is 2. The highest BCUT2D eigenvalue weighted by atomic mass is 19.4. The lowest BCUT2D eigenvalue weighted by Gasteiger charge is -2.20. The predicted molar refractivity (Wildman–Crippen MR) is 75.0 cm³/mol. The maximum absolute atomic E-state index is 12.9. The molecular formula is C15H11F6N3O. The van der Waals surface area contributed by atoms with Crippen LogP contribution in [0, 0.1) is 16.7 Å². The third-order valence-corrected chi connectivity index (χ3v) is 3.64. The summed E-state index contributed by atoms with van der Waals surface area (Å²) < 4.78 is 76.6. The van der Waals surface area contributed by atoms with Crippen molar-refractivity contribution in [3.63, 3.8) is 0 Å². The molecule has 1 aromatic rings. The van der Waals surface area contributed by atoms with E-state index in [1.54, 1.807) is 0 Å². The van der Waals surface area contributed by atoms with Crippen molar-refractivity contribution in [2.75, 3.05) is 11.9 Å². The first-order valence-electron chi connectivity index (χ1n) is 6.83. The number of rotatable bonds is 2. The van der Waals surface area contributed by atoms with E-state index in [1.807, 2.05) is 0 Å². The molecule has 25 heavy (non-hydrogen) atoms. The van der Waals surface area contributed by atoms with Crippen LogP contribution in [0.3, 0.4) is 0 Å². The highest BCUT2D eigenvalue weighted by Gasteiger charge is 2.44. The lowest BCUT2D eigenvalue weighted by atomic mass is 9.90. The Bertz CT molecular complexity index is 775. The van der Waals surface area contributed by atoms with Gasteiger partial charge in [-0.25, -0.2) is 0 Å². The molecule has 0 spiro atoms. The van der Waals surface area contributed by atoms with Crippen LogP contribution in [0.15, 0.2) is 30.0 Å². The fraction of sp³-hybridized carbons (Fsp3) is 0.333. The van der Waals surface area contributed by atoms with E-state index >= 15 is 0 Å². The van der Waals surface area contributed by atoms with E-state index in [2.05, 4.69) is 10.6 Å². The van der Waals surface area contributed by atoms with Gasteiger partial charge in [0.1, 0.15) is 5.70 Å². The molecule has 0 fully saturated rings. The van der Waals surface area contributed by atoms with Crippen molar-refractivity contribution in [2.24, 2.45) is 5.41 Å². The molecule has 1 atom stereocenters. The Balaban J connectivity index is 2.28. The summed E-state index contributed by atoms with van der Waals surface area (Å²) in [6.45, 7) is 0.873. The van der Waals surface area contributed by atoms with Crippen LogP contribution in [-0.2, 0) is 11.0 Å². The zero-order valence-electron chi connectivity index (χ0n) is 12.6. The van der Waals surface area contributed by atoms with Crippen molar-refractivity contribution in [1.82, 2.24) is 5.32 Å². The molecule has 1 heterocycles. The lowest BCUT2D eigenvalue weighted by Crippen LogP contribution is -2.36. The zero-order valence-corrected chi connectivity index (χ0v) is 12.6. The molecule has 4 nitrogen and oxygen atoms in total. The van der Waals surface area contributed by atoms with Crippen molar-refractivity contribution in [3.8, 4) is 6.07 Å². The van der Waals surface area contributed by atoms with Gasteiger partial charge in [0, 0.05) is 12.2 Å². The normalized spacial score (nSPS) is 20.5. The molecule has 0 saturated heterocycles.